The van der Waals surface area contributed by atoms with E-state index < -0.39 is 47.4 Å². The van der Waals surface area contributed by atoms with Crippen LogP contribution in [0.5, 0.6) is 5.75 Å². The summed E-state index contributed by atoms with van der Waals surface area (Å²) in [4.78, 5) is 61.2. The number of aromatic nitrogens is 2. The SMILES string of the molecule is O=C1OC(c2ccccc2)C(c2ccccc2)N2C1C(C(=O)N1CCN(c3ncccn3)CC1)C1(C(=O)Nc3ccc(C#CCCO)cc31)C2c1ccccc1OCCO. The molecule has 1 aromatic heterocycles. The van der Waals surface area contributed by atoms with E-state index >= 15 is 14.4 Å². The van der Waals surface area contributed by atoms with E-state index in [4.69, 9.17) is 9.47 Å². The number of morpholine rings is 1. The molecule has 0 bridgehead atoms. The van der Waals surface area contributed by atoms with Gasteiger partial charge in [0.25, 0.3) is 0 Å². The molecule has 13 heteroatoms. The summed E-state index contributed by atoms with van der Waals surface area (Å²) in [6.45, 7) is 1.06. The highest BCUT2D eigenvalue weighted by molar-refractivity contribution is 6.12. The summed E-state index contributed by atoms with van der Waals surface area (Å²) < 4.78 is 12.8. The molecular weight excluding hydrogens is 761 g/mol. The number of rotatable bonds is 9. The van der Waals surface area contributed by atoms with E-state index in [1.165, 1.54) is 0 Å². The zero-order chi connectivity index (χ0) is 41.2. The Labute approximate surface area is 347 Å². The first-order valence-corrected chi connectivity index (χ1v) is 20.2. The molecule has 3 N–H and O–H groups in total. The van der Waals surface area contributed by atoms with Gasteiger partial charge in [-0.25, -0.2) is 9.97 Å². The Morgan fingerprint density at radius 3 is 2.25 bits per heavy atom. The lowest BCUT2D eigenvalue weighted by Crippen LogP contribution is -2.58. The Morgan fingerprint density at radius 1 is 0.833 bits per heavy atom. The van der Waals surface area contributed by atoms with Crippen molar-refractivity contribution in [1.82, 2.24) is 19.8 Å². The summed E-state index contributed by atoms with van der Waals surface area (Å²) in [7, 11) is 0. The lowest BCUT2D eigenvalue weighted by Gasteiger charge is -2.46. The van der Waals surface area contributed by atoms with Gasteiger partial charge in [-0.15, -0.1) is 0 Å². The smallest absolute Gasteiger partial charge is 0.324 e. The maximum absolute atomic E-state index is 15.8. The van der Waals surface area contributed by atoms with E-state index in [1.807, 2.05) is 94.7 Å². The van der Waals surface area contributed by atoms with Crippen molar-refractivity contribution >= 4 is 29.4 Å². The number of piperazine rings is 1. The number of cyclic esters (lactones) is 1. The number of aliphatic hydroxyl groups excluding tert-OH is 2. The zero-order valence-electron chi connectivity index (χ0n) is 32.8. The Morgan fingerprint density at radius 2 is 1.53 bits per heavy atom. The molecule has 4 aliphatic heterocycles. The number of aliphatic hydroxyl groups is 2. The van der Waals surface area contributed by atoms with Crippen LogP contribution in [0.15, 0.2) is 122 Å². The number of amides is 2. The molecule has 13 nitrogen and oxygen atoms in total. The van der Waals surface area contributed by atoms with Crippen LogP contribution in [0.25, 0.3) is 0 Å². The third kappa shape index (κ3) is 6.63. The molecule has 304 valence electrons. The van der Waals surface area contributed by atoms with Crippen molar-refractivity contribution in [1.29, 1.82) is 0 Å². The molecule has 0 radical (unpaired) electrons. The molecule has 5 aromatic rings. The van der Waals surface area contributed by atoms with E-state index in [1.54, 1.807) is 41.6 Å². The Hall–Kier alpha value is -6.59. The summed E-state index contributed by atoms with van der Waals surface area (Å²) in [5.41, 5.74) is 2.01. The molecule has 9 rings (SSSR count). The minimum atomic E-state index is -1.73. The van der Waals surface area contributed by atoms with Gasteiger partial charge in [-0.2, -0.15) is 0 Å². The molecule has 0 aliphatic carbocycles. The summed E-state index contributed by atoms with van der Waals surface area (Å²) in [5.74, 6) is 4.37. The fourth-order valence-electron chi connectivity index (χ4n) is 9.61. The number of carbonyl (C=O) groups is 3. The number of ether oxygens (including phenoxy) is 2. The number of para-hydroxylation sites is 1. The Balaban J connectivity index is 1.30. The summed E-state index contributed by atoms with van der Waals surface area (Å²) >= 11 is 0. The largest absolute Gasteiger partial charge is 0.491 e. The van der Waals surface area contributed by atoms with Crippen LogP contribution in [-0.4, -0.2) is 99.8 Å². The van der Waals surface area contributed by atoms with Crippen LogP contribution < -0.4 is 15.0 Å². The minimum Gasteiger partial charge on any atom is -0.491 e. The van der Waals surface area contributed by atoms with Crippen molar-refractivity contribution in [3.63, 3.8) is 0 Å². The highest BCUT2D eigenvalue weighted by Crippen LogP contribution is 2.66. The summed E-state index contributed by atoms with van der Waals surface area (Å²) in [5, 5.41) is 22.6. The van der Waals surface area contributed by atoms with Crippen LogP contribution in [0, 0.1) is 17.8 Å². The first-order valence-electron chi connectivity index (χ1n) is 20.2. The summed E-state index contributed by atoms with van der Waals surface area (Å²) in [6, 6.07) is 30.8. The predicted octanol–water partition coefficient (Wildman–Crippen LogP) is 4.20. The second-order valence-electron chi connectivity index (χ2n) is 15.2. The van der Waals surface area contributed by atoms with Gasteiger partial charge in [0, 0.05) is 61.8 Å². The number of carbonyl (C=O) groups excluding carboxylic acids is 3. The van der Waals surface area contributed by atoms with E-state index in [2.05, 4.69) is 27.1 Å². The number of fused-ring (bicyclic) bond motifs is 3. The van der Waals surface area contributed by atoms with Crippen LogP contribution in [0.1, 0.15) is 52.4 Å². The van der Waals surface area contributed by atoms with Gasteiger partial charge in [-0.1, -0.05) is 90.7 Å². The van der Waals surface area contributed by atoms with Gasteiger partial charge in [-0.05, 0) is 47.0 Å². The molecule has 3 saturated heterocycles. The average molecular weight is 805 g/mol. The first-order chi connectivity index (χ1) is 29.4. The number of anilines is 2. The normalized spacial score (nSPS) is 24.5. The molecule has 0 saturated carbocycles. The number of nitrogens with zero attached hydrogens (tertiary/aromatic N) is 5. The molecular formula is C47H44N6O7. The van der Waals surface area contributed by atoms with Gasteiger partial charge in [-0.3, -0.25) is 19.3 Å². The second kappa shape index (κ2) is 16.6. The highest BCUT2D eigenvalue weighted by Gasteiger charge is 2.74. The Kier molecular flexibility index (Phi) is 10.7. The average Bonchev–Trinajstić information content (AvgIpc) is 3.77. The maximum atomic E-state index is 15.8. The second-order valence-corrected chi connectivity index (χ2v) is 15.2. The van der Waals surface area contributed by atoms with Crippen molar-refractivity contribution in [2.45, 2.75) is 36.1 Å². The topological polar surface area (TPSA) is 158 Å². The monoisotopic (exact) mass is 804 g/mol. The van der Waals surface area contributed by atoms with Gasteiger partial charge in [0.05, 0.1) is 31.2 Å². The fourth-order valence-corrected chi connectivity index (χ4v) is 9.61. The van der Waals surface area contributed by atoms with Gasteiger partial charge in [0.15, 0.2) is 0 Å². The van der Waals surface area contributed by atoms with E-state index in [0.717, 1.165) is 11.1 Å². The van der Waals surface area contributed by atoms with Crippen molar-refractivity contribution in [3.05, 3.63) is 149 Å². The highest BCUT2D eigenvalue weighted by atomic mass is 16.6. The molecule has 3 fully saturated rings. The molecule has 60 heavy (non-hydrogen) atoms. The van der Waals surface area contributed by atoms with Crippen molar-refractivity contribution in [3.8, 4) is 17.6 Å². The standard InChI is InChI=1S/C47H44N6O7/c54-27-10-9-12-31-19-20-36-35(30-31)47(45(58)50-36)38(43(56)51-23-25-52(26-24-51)46-48-21-11-22-49-46)40-44(57)60-41(33-15-5-2-6-16-33)39(32-13-3-1-4-14-32)53(40)42(47)34-17-7-8-18-37(34)59-29-28-55/h1-8,11,13-22,30,38-42,54-55H,10,23-29H2,(H,50,58). The number of nitrogens with one attached hydrogen (secondary N) is 1. The molecule has 4 aliphatic rings. The summed E-state index contributed by atoms with van der Waals surface area (Å²) in [6.07, 6.45) is 2.78. The molecule has 6 atom stereocenters. The number of hydrogen-bond acceptors (Lipinski definition) is 11. The molecule has 5 heterocycles. The predicted molar refractivity (Wildman–Crippen MR) is 221 cm³/mol. The lowest BCUT2D eigenvalue weighted by molar-refractivity contribution is -0.179. The van der Waals surface area contributed by atoms with Crippen molar-refractivity contribution in [2.75, 3.05) is 56.2 Å². The number of esters is 1. The number of hydrogen-bond donors (Lipinski definition) is 3. The van der Waals surface area contributed by atoms with Gasteiger partial charge < -0.3 is 34.8 Å². The van der Waals surface area contributed by atoms with Gasteiger partial charge in [0.2, 0.25) is 17.8 Å². The van der Waals surface area contributed by atoms with Crippen LogP contribution >= 0.6 is 0 Å². The quantitative estimate of drug-likeness (QED) is 0.145. The maximum Gasteiger partial charge on any atom is 0.324 e. The minimum absolute atomic E-state index is 0.0257. The van der Waals surface area contributed by atoms with E-state index in [-0.39, 0.29) is 32.1 Å². The van der Waals surface area contributed by atoms with Crippen molar-refractivity contribution in [2.24, 2.45) is 5.92 Å². The Bertz CT molecular complexity index is 2440. The fraction of sp³-hybridized carbons (Fsp3) is 0.298. The van der Waals surface area contributed by atoms with E-state index in [9.17, 15) is 10.2 Å². The third-order valence-electron chi connectivity index (χ3n) is 12.0. The van der Waals surface area contributed by atoms with E-state index in [0.29, 0.717) is 60.3 Å². The molecule has 4 aromatic carbocycles. The van der Waals surface area contributed by atoms with Gasteiger partial charge >= 0.3 is 5.97 Å². The molecule has 2 amide bonds. The zero-order valence-corrected chi connectivity index (χ0v) is 32.8. The first kappa shape index (κ1) is 38.9. The lowest BCUT2D eigenvalue weighted by atomic mass is 9.64. The third-order valence-corrected chi connectivity index (χ3v) is 12.0. The van der Waals surface area contributed by atoms with Crippen LogP contribution in [0.3, 0.4) is 0 Å². The van der Waals surface area contributed by atoms with Crippen LogP contribution in [-0.2, 0) is 24.5 Å². The van der Waals surface area contributed by atoms with Gasteiger partial charge in [0.1, 0.15) is 29.9 Å². The molecule has 6 unspecified atom stereocenters. The van der Waals surface area contributed by atoms with Crippen molar-refractivity contribution < 1.29 is 34.1 Å². The molecule has 1 spiro atoms. The van der Waals surface area contributed by atoms with Crippen LogP contribution in [0.4, 0.5) is 11.6 Å². The number of benzene rings is 4. The van der Waals surface area contributed by atoms with Crippen LogP contribution in [0.2, 0.25) is 0 Å².